The van der Waals surface area contributed by atoms with Crippen LogP contribution in [0.15, 0.2) is 59.1 Å². The number of nitrogens with one attached hydrogen (secondary N) is 1. The molecule has 0 spiro atoms. The summed E-state index contributed by atoms with van der Waals surface area (Å²) < 4.78 is 11.9. The van der Waals surface area contributed by atoms with Crippen LogP contribution in [0.2, 0.25) is 5.02 Å². The van der Waals surface area contributed by atoms with E-state index in [1.807, 2.05) is 48.7 Å². The molecule has 5 rings (SSSR count). The van der Waals surface area contributed by atoms with Crippen LogP contribution >= 0.6 is 23.8 Å². The van der Waals surface area contributed by atoms with E-state index in [9.17, 15) is 0 Å². The molecule has 0 unspecified atom stereocenters. The Morgan fingerprint density at radius 2 is 1.97 bits per heavy atom. The van der Waals surface area contributed by atoms with E-state index >= 15 is 0 Å². The van der Waals surface area contributed by atoms with Gasteiger partial charge in [0.05, 0.1) is 24.9 Å². The molecule has 1 N–H and O–H groups in total. The van der Waals surface area contributed by atoms with E-state index in [1.54, 1.807) is 0 Å². The lowest BCUT2D eigenvalue weighted by molar-refractivity contribution is 0.0365. The Kier molecular flexibility index (Phi) is 7.15. The topological polar surface area (TPSA) is 53.8 Å². The van der Waals surface area contributed by atoms with Gasteiger partial charge in [-0.2, -0.15) is 0 Å². The van der Waals surface area contributed by atoms with E-state index in [4.69, 9.17) is 33.0 Å². The molecule has 2 saturated heterocycles. The number of aryl methyl sites for hydroxylation is 1. The summed E-state index contributed by atoms with van der Waals surface area (Å²) >= 11 is 12.1. The molecule has 178 valence electrons. The first-order chi connectivity index (χ1) is 16.6. The molecule has 1 aromatic carbocycles. The summed E-state index contributed by atoms with van der Waals surface area (Å²) in [5, 5.41) is 4.94. The smallest absolute Gasteiger partial charge is 0.170 e. The van der Waals surface area contributed by atoms with Gasteiger partial charge in [0.15, 0.2) is 5.11 Å². The number of furan rings is 1. The van der Waals surface area contributed by atoms with Crippen LogP contribution in [0.4, 0.5) is 0 Å². The third kappa shape index (κ3) is 4.98. The van der Waals surface area contributed by atoms with E-state index < -0.39 is 0 Å². The Hall–Kier alpha value is -2.45. The van der Waals surface area contributed by atoms with Crippen molar-refractivity contribution in [1.29, 1.82) is 0 Å². The summed E-state index contributed by atoms with van der Waals surface area (Å²) in [6, 6.07) is 15.8. The molecule has 2 aliphatic heterocycles. The fourth-order valence-electron chi connectivity index (χ4n) is 4.76. The Balaban J connectivity index is 1.41. The lowest BCUT2D eigenvalue weighted by Crippen LogP contribution is -2.38. The van der Waals surface area contributed by atoms with E-state index in [-0.39, 0.29) is 12.1 Å². The fourth-order valence-corrected chi connectivity index (χ4v) is 5.26. The van der Waals surface area contributed by atoms with Gasteiger partial charge >= 0.3 is 0 Å². The zero-order valence-corrected chi connectivity index (χ0v) is 20.8. The third-order valence-corrected chi connectivity index (χ3v) is 7.15. The number of halogens is 1. The van der Waals surface area contributed by atoms with Crippen molar-refractivity contribution in [2.75, 3.05) is 39.4 Å². The van der Waals surface area contributed by atoms with Gasteiger partial charge < -0.3 is 19.4 Å². The van der Waals surface area contributed by atoms with E-state index in [1.165, 1.54) is 0 Å². The lowest BCUT2D eigenvalue weighted by atomic mass is 10.0. The van der Waals surface area contributed by atoms with Crippen molar-refractivity contribution in [3.05, 3.63) is 76.8 Å². The van der Waals surface area contributed by atoms with Gasteiger partial charge in [0.1, 0.15) is 17.6 Å². The highest BCUT2D eigenvalue weighted by Crippen LogP contribution is 2.41. The first kappa shape index (κ1) is 23.3. The maximum atomic E-state index is 6.46. The minimum Gasteiger partial charge on any atom is -0.459 e. The van der Waals surface area contributed by atoms with Gasteiger partial charge in [0.2, 0.25) is 0 Å². The average molecular weight is 497 g/mol. The SMILES string of the molecule is Cc1ccc(Cl)cc1-c1ccc([C@@H]2[C@H](c3ccccn3)NC(=S)N2CCCN2CCOCC2)o1. The molecule has 8 heteroatoms. The highest BCUT2D eigenvalue weighted by atomic mass is 35.5. The fraction of sp³-hybridized carbons (Fsp3) is 0.385. The normalized spacial score (nSPS) is 21.1. The highest BCUT2D eigenvalue weighted by molar-refractivity contribution is 7.80. The van der Waals surface area contributed by atoms with Crippen LogP contribution in [0.25, 0.3) is 11.3 Å². The molecule has 4 heterocycles. The summed E-state index contributed by atoms with van der Waals surface area (Å²) in [4.78, 5) is 9.32. The maximum Gasteiger partial charge on any atom is 0.170 e. The average Bonchev–Trinajstić information content (AvgIpc) is 3.47. The number of hydrogen-bond acceptors (Lipinski definition) is 5. The molecule has 0 aliphatic carbocycles. The molecule has 3 aromatic rings. The molecule has 0 saturated carbocycles. The zero-order valence-electron chi connectivity index (χ0n) is 19.2. The van der Waals surface area contributed by atoms with Crippen molar-refractivity contribution < 1.29 is 9.15 Å². The van der Waals surface area contributed by atoms with Crippen LogP contribution in [0.1, 0.15) is 35.5 Å². The molecule has 0 amide bonds. The van der Waals surface area contributed by atoms with E-state index in [0.29, 0.717) is 5.02 Å². The van der Waals surface area contributed by atoms with Gasteiger partial charge in [0.25, 0.3) is 0 Å². The Morgan fingerprint density at radius 3 is 2.76 bits per heavy atom. The molecule has 2 aliphatic rings. The first-order valence-corrected chi connectivity index (χ1v) is 12.5. The predicted octanol–water partition coefficient (Wildman–Crippen LogP) is 5.00. The van der Waals surface area contributed by atoms with Crippen molar-refractivity contribution in [2.45, 2.75) is 25.4 Å². The number of aromatic nitrogens is 1. The van der Waals surface area contributed by atoms with Gasteiger partial charge in [-0.25, -0.2) is 0 Å². The van der Waals surface area contributed by atoms with Crippen molar-refractivity contribution in [3.8, 4) is 11.3 Å². The molecule has 0 bridgehead atoms. The van der Waals surface area contributed by atoms with E-state index in [0.717, 1.165) is 79.3 Å². The second-order valence-corrected chi connectivity index (χ2v) is 9.61. The number of rotatable bonds is 7. The number of pyridine rings is 1. The summed E-state index contributed by atoms with van der Waals surface area (Å²) in [6.07, 6.45) is 2.83. The first-order valence-electron chi connectivity index (χ1n) is 11.7. The van der Waals surface area contributed by atoms with Crippen molar-refractivity contribution in [1.82, 2.24) is 20.1 Å². The van der Waals surface area contributed by atoms with Crippen molar-refractivity contribution >= 4 is 28.9 Å². The quantitative estimate of drug-likeness (QED) is 0.462. The van der Waals surface area contributed by atoms with Crippen LogP contribution in [-0.2, 0) is 4.74 Å². The summed E-state index contributed by atoms with van der Waals surface area (Å²) in [5.41, 5.74) is 3.07. The Morgan fingerprint density at radius 1 is 1.12 bits per heavy atom. The van der Waals surface area contributed by atoms with Gasteiger partial charge in [-0.3, -0.25) is 9.88 Å². The maximum absolute atomic E-state index is 6.46. The number of benzene rings is 1. The number of morpholine rings is 1. The summed E-state index contributed by atoms with van der Waals surface area (Å²) in [5.74, 6) is 1.67. The second kappa shape index (κ2) is 10.4. The molecule has 2 fully saturated rings. The molecule has 34 heavy (non-hydrogen) atoms. The Labute approximate surface area is 210 Å². The monoisotopic (exact) mass is 496 g/mol. The van der Waals surface area contributed by atoms with Gasteiger partial charge in [-0.1, -0.05) is 23.7 Å². The molecule has 0 radical (unpaired) electrons. The molecular weight excluding hydrogens is 468 g/mol. The van der Waals surface area contributed by atoms with Gasteiger partial charge in [-0.15, -0.1) is 0 Å². The number of hydrogen-bond donors (Lipinski definition) is 1. The molecule has 2 aromatic heterocycles. The predicted molar refractivity (Wildman–Crippen MR) is 138 cm³/mol. The van der Waals surface area contributed by atoms with Crippen LogP contribution in [0.3, 0.4) is 0 Å². The standard InChI is InChI=1S/C26H29ClN4O2S/c1-18-6-7-19(27)17-20(18)22-8-9-23(33-22)25-24(21-5-2-3-10-28-21)29-26(34)31(25)12-4-11-30-13-15-32-16-14-30/h2-3,5-10,17,24-25H,4,11-16H2,1H3,(H,29,34)/t24-,25+/m0/s1. The third-order valence-electron chi connectivity index (χ3n) is 6.56. The van der Waals surface area contributed by atoms with E-state index in [2.05, 4.69) is 33.1 Å². The lowest BCUT2D eigenvalue weighted by Gasteiger charge is -2.29. The zero-order chi connectivity index (χ0) is 23.5. The largest absolute Gasteiger partial charge is 0.459 e. The number of thiocarbonyl (C=S) groups is 1. The molecular formula is C26H29ClN4O2S. The minimum absolute atomic E-state index is 0.0830. The number of nitrogens with zero attached hydrogens (tertiary/aromatic N) is 3. The van der Waals surface area contributed by atoms with Crippen molar-refractivity contribution in [3.63, 3.8) is 0 Å². The number of ether oxygens (including phenoxy) is 1. The van der Waals surface area contributed by atoms with Crippen molar-refractivity contribution in [2.24, 2.45) is 0 Å². The summed E-state index contributed by atoms with van der Waals surface area (Å²) in [7, 11) is 0. The minimum atomic E-state index is -0.0865. The molecule has 2 atom stereocenters. The van der Waals surface area contributed by atoms with Crippen LogP contribution < -0.4 is 5.32 Å². The van der Waals surface area contributed by atoms with Crippen LogP contribution in [0, 0.1) is 6.92 Å². The second-order valence-electron chi connectivity index (χ2n) is 8.79. The highest BCUT2D eigenvalue weighted by Gasteiger charge is 2.41. The molecule has 6 nitrogen and oxygen atoms in total. The van der Waals surface area contributed by atoms with Gasteiger partial charge in [0, 0.05) is 43.0 Å². The Bertz CT molecular complexity index is 1130. The van der Waals surface area contributed by atoms with Crippen LogP contribution in [0.5, 0.6) is 0 Å². The van der Waals surface area contributed by atoms with Gasteiger partial charge in [-0.05, 0) is 67.5 Å². The summed E-state index contributed by atoms with van der Waals surface area (Å²) in [6.45, 7) is 7.53. The van der Waals surface area contributed by atoms with Crippen LogP contribution in [-0.4, -0.2) is 59.3 Å².